The third-order valence-corrected chi connectivity index (χ3v) is 6.49. The number of rotatable bonds is 8. The summed E-state index contributed by atoms with van der Waals surface area (Å²) in [5, 5.41) is 15.8. The molecule has 1 saturated heterocycles. The number of benzene rings is 1. The van der Waals surface area contributed by atoms with Crippen LogP contribution in [0.4, 0.5) is 4.79 Å². The average Bonchev–Trinajstić information content (AvgIpc) is 3.18. The lowest BCUT2D eigenvalue weighted by atomic mass is 9.87. The number of nitrogens with zero attached hydrogens (tertiary/aromatic N) is 2. The Bertz CT molecular complexity index is 1410. The minimum Gasteiger partial charge on any atom is -0.465 e. The number of imide groups is 1. The Kier molecular flexibility index (Phi) is 8.29. The number of ether oxygens (including phenoxy) is 2. The van der Waals surface area contributed by atoms with Crippen LogP contribution in [0.2, 0.25) is 0 Å². The number of carbonyl (C=O) groups is 3. The molecule has 1 fully saturated rings. The molecule has 3 N–H and O–H groups in total. The molecule has 0 radical (unpaired) electrons. The molecule has 0 bridgehead atoms. The maximum atomic E-state index is 12.6. The standard InChI is InChI=1S/C28H32N4O6/c1-28(2,3)23(30-27(35)36)17-38-15-14-37-13-5-6-18-8-9-21-20(16-18)19-7-4-12-29-25(19)32(21)22-10-11-24(33)31-26(22)34/h4,7-9,12,16,22-23,30H,10-11,13-15,17H2,1-3H3,(H,35,36)(H,31,33,34). The van der Waals surface area contributed by atoms with Gasteiger partial charge in [-0.3, -0.25) is 14.9 Å². The van der Waals surface area contributed by atoms with Crippen molar-refractivity contribution in [2.24, 2.45) is 5.41 Å². The zero-order valence-corrected chi connectivity index (χ0v) is 21.7. The normalized spacial score (nSPS) is 16.7. The predicted molar refractivity (Wildman–Crippen MR) is 142 cm³/mol. The molecule has 200 valence electrons. The van der Waals surface area contributed by atoms with Gasteiger partial charge in [0.2, 0.25) is 11.8 Å². The minimum absolute atomic E-state index is 0.219. The highest BCUT2D eigenvalue weighted by atomic mass is 16.5. The lowest BCUT2D eigenvalue weighted by Gasteiger charge is -2.30. The van der Waals surface area contributed by atoms with Crippen LogP contribution >= 0.6 is 0 Å². The summed E-state index contributed by atoms with van der Waals surface area (Å²) >= 11 is 0. The Morgan fingerprint density at radius 3 is 2.76 bits per heavy atom. The first-order valence-electron chi connectivity index (χ1n) is 12.5. The quantitative estimate of drug-likeness (QED) is 0.236. The van der Waals surface area contributed by atoms with Crippen molar-refractivity contribution in [2.75, 3.05) is 26.4 Å². The van der Waals surface area contributed by atoms with Gasteiger partial charge in [0.15, 0.2) is 0 Å². The number of fused-ring (bicyclic) bond motifs is 3. The minimum atomic E-state index is -1.07. The summed E-state index contributed by atoms with van der Waals surface area (Å²) in [5.74, 6) is 5.54. The summed E-state index contributed by atoms with van der Waals surface area (Å²) in [6.45, 7) is 6.98. The Hall–Kier alpha value is -3.94. The summed E-state index contributed by atoms with van der Waals surface area (Å²) in [7, 11) is 0. The molecule has 10 nitrogen and oxygen atoms in total. The van der Waals surface area contributed by atoms with Crippen LogP contribution in [0.15, 0.2) is 36.5 Å². The number of pyridine rings is 1. The fourth-order valence-electron chi connectivity index (χ4n) is 4.43. The van der Waals surface area contributed by atoms with Crippen molar-refractivity contribution in [3.63, 3.8) is 0 Å². The SMILES string of the molecule is CC(C)(C)C(COCCOCC#Cc1ccc2c(c1)c1cccnc1n2C1CCC(=O)NC1=O)NC(=O)O. The Labute approximate surface area is 220 Å². The number of piperidine rings is 1. The van der Waals surface area contributed by atoms with Gasteiger partial charge in [0.1, 0.15) is 18.3 Å². The van der Waals surface area contributed by atoms with Gasteiger partial charge in [-0.2, -0.15) is 0 Å². The monoisotopic (exact) mass is 520 g/mol. The highest BCUT2D eigenvalue weighted by Crippen LogP contribution is 2.33. The first-order chi connectivity index (χ1) is 18.1. The molecular formula is C28H32N4O6. The number of carbonyl (C=O) groups excluding carboxylic acids is 2. The summed E-state index contributed by atoms with van der Waals surface area (Å²) in [6.07, 6.45) is 1.33. The van der Waals surface area contributed by atoms with Crippen molar-refractivity contribution in [3.8, 4) is 11.8 Å². The van der Waals surface area contributed by atoms with E-state index in [2.05, 4.69) is 27.5 Å². The van der Waals surface area contributed by atoms with E-state index in [1.807, 2.05) is 55.7 Å². The molecule has 3 aromatic rings. The van der Waals surface area contributed by atoms with Crippen molar-refractivity contribution >= 4 is 39.8 Å². The van der Waals surface area contributed by atoms with Crippen molar-refractivity contribution in [1.82, 2.24) is 20.2 Å². The van der Waals surface area contributed by atoms with Crippen LogP contribution in [0.25, 0.3) is 21.9 Å². The first-order valence-corrected chi connectivity index (χ1v) is 12.5. The largest absolute Gasteiger partial charge is 0.465 e. The molecule has 4 rings (SSSR count). The Morgan fingerprint density at radius 1 is 1.24 bits per heavy atom. The lowest BCUT2D eigenvalue weighted by Crippen LogP contribution is -2.46. The predicted octanol–water partition coefficient (Wildman–Crippen LogP) is 3.23. The molecule has 3 amide bonds. The van der Waals surface area contributed by atoms with Crippen LogP contribution in [0.1, 0.15) is 45.2 Å². The molecule has 0 saturated carbocycles. The van der Waals surface area contributed by atoms with E-state index in [-0.39, 0.29) is 42.9 Å². The van der Waals surface area contributed by atoms with Gasteiger partial charge >= 0.3 is 6.09 Å². The van der Waals surface area contributed by atoms with Gasteiger partial charge in [-0.15, -0.1) is 0 Å². The van der Waals surface area contributed by atoms with Crippen molar-refractivity contribution < 1.29 is 29.0 Å². The third kappa shape index (κ3) is 6.30. The van der Waals surface area contributed by atoms with Crippen LogP contribution in [-0.4, -0.2) is 65.0 Å². The molecule has 10 heteroatoms. The molecule has 2 aromatic heterocycles. The highest BCUT2D eigenvalue weighted by molar-refractivity contribution is 6.09. The molecular weight excluding hydrogens is 488 g/mol. The molecule has 2 atom stereocenters. The number of hydrogen-bond acceptors (Lipinski definition) is 6. The number of aromatic nitrogens is 2. The Balaban J connectivity index is 1.38. The molecule has 38 heavy (non-hydrogen) atoms. The van der Waals surface area contributed by atoms with Gasteiger partial charge in [0, 0.05) is 29.0 Å². The van der Waals surface area contributed by atoms with Crippen LogP contribution in [0, 0.1) is 17.3 Å². The molecule has 1 aliphatic heterocycles. The molecule has 3 heterocycles. The molecule has 0 spiro atoms. The van der Waals surface area contributed by atoms with E-state index in [9.17, 15) is 14.4 Å². The van der Waals surface area contributed by atoms with Gasteiger partial charge in [0.25, 0.3) is 0 Å². The maximum absolute atomic E-state index is 12.6. The second kappa shape index (κ2) is 11.6. The number of carboxylic acid groups (broad SMARTS) is 1. The average molecular weight is 521 g/mol. The number of amides is 3. The fraction of sp³-hybridized carbons (Fsp3) is 0.429. The maximum Gasteiger partial charge on any atom is 0.404 e. The topological polar surface area (TPSA) is 132 Å². The Morgan fingerprint density at radius 2 is 2.03 bits per heavy atom. The first kappa shape index (κ1) is 27.1. The molecule has 1 aliphatic rings. The fourth-order valence-corrected chi connectivity index (χ4v) is 4.43. The number of hydrogen-bond donors (Lipinski definition) is 3. The summed E-state index contributed by atoms with van der Waals surface area (Å²) < 4.78 is 13.0. The van der Waals surface area contributed by atoms with E-state index in [1.165, 1.54) is 0 Å². The van der Waals surface area contributed by atoms with E-state index in [0.717, 1.165) is 21.9 Å². The summed E-state index contributed by atoms with van der Waals surface area (Å²) in [5.41, 5.74) is 2.09. The second-order valence-electron chi connectivity index (χ2n) is 10.2. The molecule has 2 unspecified atom stereocenters. The van der Waals surface area contributed by atoms with Gasteiger partial charge in [-0.1, -0.05) is 32.6 Å². The third-order valence-electron chi connectivity index (χ3n) is 6.49. The van der Waals surface area contributed by atoms with Crippen molar-refractivity contribution in [3.05, 3.63) is 42.1 Å². The lowest BCUT2D eigenvalue weighted by molar-refractivity contribution is -0.135. The van der Waals surface area contributed by atoms with Gasteiger partial charge in [-0.25, -0.2) is 9.78 Å². The van der Waals surface area contributed by atoms with E-state index >= 15 is 0 Å². The van der Waals surface area contributed by atoms with Crippen LogP contribution in [-0.2, 0) is 19.1 Å². The molecule has 1 aromatic carbocycles. The van der Waals surface area contributed by atoms with Crippen LogP contribution < -0.4 is 10.6 Å². The van der Waals surface area contributed by atoms with E-state index in [4.69, 9.17) is 14.6 Å². The van der Waals surface area contributed by atoms with Gasteiger partial charge in [0.05, 0.1) is 31.4 Å². The van der Waals surface area contributed by atoms with Crippen LogP contribution in [0.5, 0.6) is 0 Å². The van der Waals surface area contributed by atoms with E-state index in [1.54, 1.807) is 6.20 Å². The zero-order valence-electron chi connectivity index (χ0n) is 21.7. The number of nitrogens with one attached hydrogen (secondary N) is 2. The molecule has 0 aliphatic carbocycles. The van der Waals surface area contributed by atoms with Gasteiger partial charge in [-0.05, 0) is 42.2 Å². The van der Waals surface area contributed by atoms with E-state index < -0.39 is 12.1 Å². The van der Waals surface area contributed by atoms with E-state index in [0.29, 0.717) is 25.3 Å². The highest BCUT2D eigenvalue weighted by Gasteiger charge is 2.31. The van der Waals surface area contributed by atoms with Crippen molar-refractivity contribution in [2.45, 2.75) is 45.7 Å². The smallest absolute Gasteiger partial charge is 0.404 e. The second-order valence-corrected chi connectivity index (χ2v) is 10.2. The zero-order chi connectivity index (χ0) is 27.3. The van der Waals surface area contributed by atoms with Crippen LogP contribution in [0.3, 0.4) is 0 Å². The summed E-state index contributed by atoms with van der Waals surface area (Å²) in [4.78, 5) is 39.7. The van der Waals surface area contributed by atoms with Gasteiger partial charge < -0.3 is 24.5 Å². The summed E-state index contributed by atoms with van der Waals surface area (Å²) in [6, 6.07) is 8.77. The van der Waals surface area contributed by atoms with Crippen molar-refractivity contribution in [1.29, 1.82) is 0 Å².